The van der Waals surface area contributed by atoms with Gasteiger partial charge in [0.05, 0.1) is 29.7 Å². The Morgan fingerprint density at radius 2 is 1.96 bits per heavy atom. The lowest BCUT2D eigenvalue weighted by Gasteiger charge is -2.15. The molecule has 1 aromatic heterocycles. The molecule has 1 aliphatic heterocycles. The van der Waals surface area contributed by atoms with Gasteiger partial charge >= 0.3 is 0 Å². The van der Waals surface area contributed by atoms with Gasteiger partial charge in [0.25, 0.3) is 0 Å². The largest absolute Gasteiger partial charge is 0.311 e. The van der Waals surface area contributed by atoms with E-state index in [0.29, 0.717) is 12.2 Å². The number of hydrogen-bond donors (Lipinski definition) is 1. The summed E-state index contributed by atoms with van der Waals surface area (Å²) < 4.78 is 25.4. The van der Waals surface area contributed by atoms with Crippen LogP contribution in [0.5, 0.6) is 0 Å². The molecule has 0 saturated carbocycles. The first-order valence-corrected chi connectivity index (χ1v) is 10.6. The maximum Gasteiger partial charge on any atom is 0.229 e. The highest BCUT2D eigenvalue weighted by molar-refractivity contribution is 7.91. The number of rotatable bonds is 4. The van der Waals surface area contributed by atoms with E-state index in [9.17, 15) is 13.2 Å². The molecule has 1 aromatic carbocycles. The van der Waals surface area contributed by atoms with Gasteiger partial charge in [-0.15, -0.1) is 0 Å². The van der Waals surface area contributed by atoms with E-state index in [0.717, 1.165) is 11.3 Å². The lowest BCUT2D eigenvalue weighted by Crippen LogP contribution is -2.21. The Hall–Kier alpha value is -2.15. The van der Waals surface area contributed by atoms with Crippen LogP contribution in [-0.2, 0) is 26.5 Å². The Bertz CT molecular complexity index is 896. The van der Waals surface area contributed by atoms with E-state index in [1.54, 1.807) is 4.68 Å². The number of aromatic nitrogens is 2. The van der Waals surface area contributed by atoms with Crippen LogP contribution in [0.4, 0.5) is 5.82 Å². The number of nitrogens with one attached hydrogen (secondary N) is 1. The van der Waals surface area contributed by atoms with Gasteiger partial charge in [-0.2, -0.15) is 5.10 Å². The van der Waals surface area contributed by atoms with E-state index in [4.69, 9.17) is 0 Å². The number of anilines is 1. The lowest BCUT2D eigenvalue weighted by molar-refractivity contribution is -0.115. The van der Waals surface area contributed by atoms with Crippen molar-refractivity contribution in [1.29, 1.82) is 0 Å². The second-order valence-electron chi connectivity index (χ2n) is 7.88. The summed E-state index contributed by atoms with van der Waals surface area (Å²) in [6.45, 7) is 6.13. The molecule has 0 aliphatic carbocycles. The third kappa shape index (κ3) is 4.33. The molecule has 2 aromatic rings. The second kappa shape index (κ2) is 6.87. The molecule has 1 atom stereocenters. The summed E-state index contributed by atoms with van der Waals surface area (Å²) in [5.74, 6) is 0.663. The zero-order valence-corrected chi connectivity index (χ0v) is 16.2. The third-order valence-electron chi connectivity index (χ3n) is 4.53. The molecule has 1 amide bonds. The minimum absolute atomic E-state index is 0.0693. The van der Waals surface area contributed by atoms with E-state index < -0.39 is 9.84 Å². The lowest BCUT2D eigenvalue weighted by atomic mass is 9.92. The van der Waals surface area contributed by atoms with Crippen LogP contribution in [-0.4, -0.2) is 35.6 Å². The van der Waals surface area contributed by atoms with Crippen molar-refractivity contribution in [2.24, 2.45) is 0 Å². The molecule has 0 spiro atoms. The van der Waals surface area contributed by atoms with Crippen molar-refractivity contribution in [2.75, 3.05) is 16.8 Å². The SMILES string of the molecule is CC(C)(C)c1cc(NC(=O)Cc2ccccc2)n([C@H]2CCS(=O)(=O)C2)n1. The van der Waals surface area contributed by atoms with Crippen LogP contribution in [0.2, 0.25) is 0 Å². The minimum Gasteiger partial charge on any atom is -0.311 e. The van der Waals surface area contributed by atoms with E-state index in [1.807, 2.05) is 57.2 Å². The molecule has 7 heteroatoms. The van der Waals surface area contributed by atoms with Crippen molar-refractivity contribution in [1.82, 2.24) is 9.78 Å². The van der Waals surface area contributed by atoms with E-state index in [-0.39, 0.29) is 35.3 Å². The first-order valence-electron chi connectivity index (χ1n) is 8.78. The fraction of sp³-hybridized carbons (Fsp3) is 0.474. The number of carbonyl (C=O) groups excluding carboxylic acids is 1. The van der Waals surface area contributed by atoms with Gasteiger partial charge in [-0.1, -0.05) is 51.1 Å². The second-order valence-corrected chi connectivity index (χ2v) is 10.1. The molecule has 0 radical (unpaired) electrons. The molecule has 1 fully saturated rings. The van der Waals surface area contributed by atoms with Crippen molar-refractivity contribution in [3.8, 4) is 0 Å². The summed E-state index contributed by atoms with van der Waals surface area (Å²) in [5, 5.41) is 7.55. The summed E-state index contributed by atoms with van der Waals surface area (Å²) in [4.78, 5) is 12.5. The highest BCUT2D eigenvalue weighted by Gasteiger charge is 2.32. The Labute approximate surface area is 154 Å². The summed E-state index contributed by atoms with van der Waals surface area (Å²) in [7, 11) is -3.04. The first kappa shape index (κ1) is 18.6. The number of sulfone groups is 1. The van der Waals surface area contributed by atoms with Crippen LogP contribution in [0.1, 0.15) is 44.5 Å². The molecular weight excluding hydrogens is 350 g/mol. The molecule has 1 saturated heterocycles. The Kier molecular flexibility index (Phi) is 4.92. The smallest absolute Gasteiger partial charge is 0.229 e. The van der Waals surface area contributed by atoms with Crippen molar-refractivity contribution in [3.05, 3.63) is 47.7 Å². The normalized spacial score (nSPS) is 19.4. The zero-order chi connectivity index (χ0) is 18.9. The molecular formula is C19H25N3O3S. The maximum atomic E-state index is 12.5. The van der Waals surface area contributed by atoms with Crippen molar-refractivity contribution < 1.29 is 13.2 Å². The maximum absolute atomic E-state index is 12.5. The molecule has 2 heterocycles. The third-order valence-corrected chi connectivity index (χ3v) is 6.28. The van der Waals surface area contributed by atoms with Crippen LogP contribution in [0, 0.1) is 0 Å². The van der Waals surface area contributed by atoms with Crippen LogP contribution >= 0.6 is 0 Å². The van der Waals surface area contributed by atoms with Gasteiger partial charge in [-0.25, -0.2) is 13.1 Å². The molecule has 6 nitrogen and oxygen atoms in total. The van der Waals surface area contributed by atoms with Crippen LogP contribution in [0.25, 0.3) is 0 Å². The average molecular weight is 375 g/mol. The predicted molar refractivity (Wildman–Crippen MR) is 102 cm³/mol. The number of amides is 1. The van der Waals surface area contributed by atoms with Crippen LogP contribution in [0.15, 0.2) is 36.4 Å². The molecule has 1 aliphatic rings. The quantitative estimate of drug-likeness (QED) is 0.891. The fourth-order valence-corrected chi connectivity index (χ4v) is 4.76. The summed E-state index contributed by atoms with van der Waals surface area (Å²) in [6, 6.07) is 11.1. The molecule has 0 bridgehead atoms. The highest BCUT2D eigenvalue weighted by Crippen LogP contribution is 2.30. The van der Waals surface area contributed by atoms with Gasteiger partial charge in [0, 0.05) is 11.5 Å². The molecule has 140 valence electrons. The van der Waals surface area contributed by atoms with E-state index >= 15 is 0 Å². The van der Waals surface area contributed by atoms with Gasteiger partial charge < -0.3 is 5.32 Å². The molecule has 1 N–H and O–H groups in total. The Morgan fingerprint density at radius 1 is 1.27 bits per heavy atom. The average Bonchev–Trinajstić information content (AvgIpc) is 3.11. The Balaban J connectivity index is 1.85. The van der Waals surface area contributed by atoms with Crippen molar-refractivity contribution >= 4 is 21.6 Å². The van der Waals surface area contributed by atoms with Crippen molar-refractivity contribution in [2.45, 2.75) is 45.1 Å². The van der Waals surface area contributed by atoms with Gasteiger partial charge in [-0.3, -0.25) is 4.79 Å². The van der Waals surface area contributed by atoms with Crippen molar-refractivity contribution in [3.63, 3.8) is 0 Å². The van der Waals surface area contributed by atoms with Crippen LogP contribution < -0.4 is 5.32 Å². The van der Waals surface area contributed by atoms with E-state index in [1.165, 1.54) is 0 Å². The monoisotopic (exact) mass is 375 g/mol. The van der Waals surface area contributed by atoms with E-state index in [2.05, 4.69) is 10.4 Å². The summed E-state index contributed by atoms with van der Waals surface area (Å²) >= 11 is 0. The van der Waals surface area contributed by atoms with Gasteiger partial charge in [0.1, 0.15) is 5.82 Å². The zero-order valence-electron chi connectivity index (χ0n) is 15.4. The number of benzene rings is 1. The minimum atomic E-state index is -3.04. The first-order chi connectivity index (χ1) is 12.1. The topological polar surface area (TPSA) is 81.1 Å². The number of hydrogen-bond acceptors (Lipinski definition) is 4. The van der Waals surface area contributed by atoms with Gasteiger partial charge in [-0.05, 0) is 12.0 Å². The van der Waals surface area contributed by atoms with Gasteiger partial charge in [0.15, 0.2) is 9.84 Å². The summed E-state index contributed by atoms with van der Waals surface area (Å²) in [5.41, 5.74) is 1.56. The predicted octanol–water partition coefficient (Wildman–Crippen LogP) is 2.72. The van der Waals surface area contributed by atoms with Gasteiger partial charge in [0.2, 0.25) is 5.91 Å². The molecule has 0 unspecified atom stereocenters. The van der Waals surface area contributed by atoms with Crippen LogP contribution in [0.3, 0.4) is 0 Å². The number of nitrogens with zero attached hydrogens (tertiary/aromatic N) is 2. The number of carbonyl (C=O) groups is 1. The molecule has 26 heavy (non-hydrogen) atoms. The highest BCUT2D eigenvalue weighted by atomic mass is 32.2. The molecule has 3 rings (SSSR count). The standard InChI is InChI=1S/C19H25N3O3S/c1-19(2,3)16-12-17(20-18(23)11-14-7-5-4-6-8-14)22(21-16)15-9-10-26(24,25)13-15/h4-8,12,15H,9-11,13H2,1-3H3,(H,20,23)/t15-/m0/s1. The fourth-order valence-electron chi connectivity index (χ4n) is 3.07. The Morgan fingerprint density at radius 3 is 2.54 bits per heavy atom. The summed E-state index contributed by atoms with van der Waals surface area (Å²) in [6.07, 6.45) is 0.787.